The zero-order valence-electron chi connectivity index (χ0n) is 12.8. The highest BCUT2D eigenvalue weighted by atomic mass is 35.5. The van der Waals surface area contributed by atoms with Crippen molar-refractivity contribution in [3.05, 3.63) is 72.2 Å². The summed E-state index contributed by atoms with van der Waals surface area (Å²) in [6.07, 6.45) is 1.28. The van der Waals surface area contributed by atoms with Gasteiger partial charge in [0, 0.05) is 18.3 Å². The molecule has 2 N–H and O–H groups in total. The summed E-state index contributed by atoms with van der Waals surface area (Å²) >= 11 is 0. The maximum absolute atomic E-state index is 13.6. The SMILES string of the molecule is CNC[C@@H](O)[C@H](c1cccc(F)c1)n1ccc2ccccc21.Cl. The molecule has 2 atom stereocenters. The van der Waals surface area contributed by atoms with Crippen LogP contribution < -0.4 is 5.32 Å². The van der Waals surface area contributed by atoms with Crippen LogP contribution in [0.15, 0.2) is 60.8 Å². The molecule has 3 rings (SSSR count). The number of rotatable bonds is 5. The summed E-state index contributed by atoms with van der Waals surface area (Å²) in [5.74, 6) is -0.296. The second kappa shape index (κ2) is 7.59. The van der Waals surface area contributed by atoms with Gasteiger partial charge < -0.3 is 15.0 Å². The van der Waals surface area contributed by atoms with E-state index in [-0.39, 0.29) is 24.3 Å². The van der Waals surface area contributed by atoms with Crippen molar-refractivity contribution in [2.24, 2.45) is 0 Å². The minimum atomic E-state index is -0.664. The second-order valence-corrected chi connectivity index (χ2v) is 5.41. The van der Waals surface area contributed by atoms with Gasteiger partial charge in [-0.3, -0.25) is 0 Å². The van der Waals surface area contributed by atoms with Crippen molar-refractivity contribution >= 4 is 23.3 Å². The number of aliphatic hydroxyl groups excluding tert-OH is 1. The Bertz CT molecular complexity index is 774. The van der Waals surface area contributed by atoms with Gasteiger partial charge in [-0.1, -0.05) is 30.3 Å². The molecular weight excluding hydrogens is 315 g/mol. The van der Waals surface area contributed by atoms with Crippen LogP contribution in [0.25, 0.3) is 10.9 Å². The summed E-state index contributed by atoms with van der Waals surface area (Å²) in [5.41, 5.74) is 1.77. The smallest absolute Gasteiger partial charge is 0.123 e. The molecule has 5 heteroatoms. The fraction of sp³-hybridized carbons (Fsp3) is 0.222. The molecule has 122 valence electrons. The van der Waals surface area contributed by atoms with Gasteiger partial charge in [0.05, 0.1) is 12.1 Å². The van der Waals surface area contributed by atoms with Gasteiger partial charge in [-0.05, 0) is 42.3 Å². The van der Waals surface area contributed by atoms with Gasteiger partial charge in [-0.25, -0.2) is 4.39 Å². The van der Waals surface area contributed by atoms with Crippen molar-refractivity contribution in [3.8, 4) is 0 Å². The van der Waals surface area contributed by atoms with Crippen molar-refractivity contribution in [1.82, 2.24) is 9.88 Å². The third-order valence-electron chi connectivity index (χ3n) is 3.90. The molecule has 1 heterocycles. The molecule has 2 aromatic carbocycles. The van der Waals surface area contributed by atoms with Gasteiger partial charge in [-0.2, -0.15) is 0 Å². The molecule has 0 radical (unpaired) electrons. The average molecular weight is 335 g/mol. The van der Waals surface area contributed by atoms with Crippen molar-refractivity contribution in [3.63, 3.8) is 0 Å². The quantitative estimate of drug-likeness (QED) is 0.750. The van der Waals surface area contributed by atoms with Crippen LogP contribution in [0.2, 0.25) is 0 Å². The highest BCUT2D eigenvalue weighted by molar-refractivity contribution is 5.85. The van der Waals surface area contributed by atoms with Crippen LogP contribution >= 0.6 is 12.4 Å². The molecule has 23 heavy (non-hydrogen) atoms. The lowest BCUT2D eigenvalue weighted by Crippen LogP contribution is -2.33. The van der Waals surface area contributed by atoms with Gasteiger partial charge in [-0.15, -0.1) is 12.4 Å². The Balaban J connectivity index is 0.00000192. The molecule has 0 spiro atoms. The molecule has 3 nitrogen and oxygen atoms in total. The zero-order chi connectivity index (χ0) is 15.5. The predicted molar refractivity (Wildman–Crippen MR) is 93.7 cm³/mol. The minimum absolute atomic E-state index is 0. The summed E-state index contributed by atoms with van der Waals surface area (Å²) in [5, 5.41) is 14.7. The third kappa shape index (κ3) is 3.55. The van der Waals surface area contributed by atoms with Crippen molar-refractivity contribution in [2.75, 3.05) is 13.6 Å². The van der Waals surface area contributed by atoms with Crippen LogP contribution in [0.3, 0.4) is 0 Å². The predicted octanol–water partition coefficient (Wildman–Crippen LogP) is 3.37. The number of fused-ring (bicyclic) bond motifs is 1. The minimum Gasteiger partial charge on any atom is -0.389 e. The van der Waals surface area contributed by atoms with Crippen LogP contribution in [0, 0.1) is 5.82 Å². The standard InChI is InChI=1S/C18H19FN2O.ClH/c1-20-12-17(22)18(14-6-4-7-15(19)11-14)21-10-9-13-5-2-3-8-16(13)21;/h2-11,17-18,20,22H,12H2,1H3;1H/t17-,18+;/m1./s1. The summed E-state index contributed by atoms with van der Waals surface area (Å²) in [6.45, 7) is 0.424. The maximum Gasteiger partial charge on any atom is 0.123 e. The number of aliphatic hydroxyl groups is 1. The Morgan fingerprint density at radius 1 is 1.13 bits per heavy atom. The highest BCUT2D eigenvalue weighted by Crippen LogP contribution is 2.28. The van der Waals surface area contributed by atoms with Crippen LogP contribution in [-0.2, 0) is 0 Å². The normalized spacial score (nSPS) is 13.5. The van der Waals surface area contributed by atoms with Gasteiger partial charge in [0.1, 0.15) is 5.82 Å². The van der Waals surface area contributed by atoms with Gasteiger partial charge in [0.15, 0.2) is 0 Å². The van der Waals surface area contributed by atoms with E-state index in [2.05, 4.69) is 5.32 Å². The van der Waals surface area contributed by atoms with E-state index in [1.54, 1.807) is 13.1 Å². The summed E-state index contributed by atoms with van der Waals surface area (Å²) < 4.78 is 15.6. The molecule has 0 bridgehead atoms. The first-order chi connectivity index (χ1) is 10.7. The maximum atomic E-state index is 13.6. The molecule has 3 aromatic rings. The fourth-order valence-electron chi connectivity index (χ4n) is 2.93. The largest absolute Gasteiger partial charge is 0.389 e. The zero-order valence-corrected chi connectivity index (χ0v) is 13.6. The molecule has 0 amide bonds. The third-order valence-corrected chi connectivity index (χ3v) is 3.90. The number of benzene rings is 2. The molecule has 0 unspecified atom stereocenters. The lowest BCUT2D eigenvalue weighted by molar-refractivity contribution is 0.132. The number of hydrogen-bond acceptors (Lipinski definition) is 2. The molecule has 0 saturated carbocycles. The monoisotopic (exact) mass is 334 g/mol. The second-order valence-electron chi connectivity index (χ2n) is 5.41. The fourth-order valence-corrected chi connectivity index (χ4v) is 2.93. The number of para-hydroxylation sites is 1. The lowest BCUT2D eigenvalue weighted by Gasteiger charge is -2.26. The molecular formula is C18H20ClFN2O. The van der Waals surface area contributed by atoms with Crippen molar-refractivity contribution in [1.29, 1.82) is 0 Å². The number of hydrogen-bond donors (Lipinski definition) is 2. The summed E-state index contributed by atoms with van der Waals surface area (Å²) in [6, 6.07) is 16.1. The van der Waals surface area contributed by atoms with E-state index in [1.807, 2.05) is 47.2 Å². The molecule has 0 fully saturated rings. The molecule has 0 aliphatic heterocycles. The van der Waals surface area contributed by atoms with E-state index in [0.717, 1.165) is 16.5 Å². The number of nitrogens with one attached hydrogen (secondary N) is 1. The topological polar surface area (TPSA) is 37.2 Å². The van der Waals surface area contributed by atoms with Crippen molar-refractivity contribution in [2.45, 2.75) is 12.1 Å². The van der Waals surface area contributed by atoms with Crippen LogP contribution in [0.4, 0.5) is 4.39 Å². The summed E-state index contributed by atoms with van der Waals surface area (Å²) in [7, 11) is 1.79. The van der Waals surface area contributed by atoms with Gasteiger partial charge >= 0.3 is 0 Å². The first kappa shape index (κ1) is 17.5. The number of likely N-dealkylation sites (N-methyl/N-ethyl adjacent to an activating group) is 1. The Morgan fingerprint density at radius 2 is 1.91 bits per heavy atom. The first-order valence-electron chi connectivity index (χ1n) is 7.34. The Kier molecular flexibility index (Phi) is 5.77. The Labute approximate surface area is 141 Å². The van der Waals surface area contributed by atoms with E-state index >= 15 is 0 Å². The van der Waals surface area contributed by atoms with E-state index in [9.17, 15) is 9.50 Å². The van der Waals surface area contributed by atoms with E-state index in [1.165, 1.54) is 12.1 Å². The number of nitrogens with zero attached hydrogens (tertiary/aromatic N) is 1. The van der Waals surface area contributed by atoms with E-state index in [0.29, 0.717) is 6.54 Å². The van der Waals surface area contributed by atoms with Crippen LogP contribution in [0.5, 0.6) is 0 Å². The van der Waals surface area contributed by atoms with E-state index in [4.69, 9.17) is 0 Å². The van der Waals surface area contributed by atoms with Gasteiger partial charge in [0.2, 0.25) is 0 Å². The molecule has 0 saturated heterocycles. The average Bonchev–Trinajstić information content (AvgIpc) is 2.92. The number of aromatic nitrogens is 1. The molecule has 0 aliphatic carbocycles. The Hall–Kier alpha value is -1.88. The number of halogens is 2. The van der Waals surface area contributed by atoms with E-state index < -0.39 is 6.10 Å². The van der Waals surface area contributed by atoms with Crippen LogP contribution in [-0.4, -0.2) is 29.4 Å². The Morgan fingerprint density at radius 3 is 2.65 bits per heavy atom. The first-order valence-corrected chi connectivity index (χ1v) is 7.34. The molecule has 1 aromatic heterocycles. The lowest BCUT2D eigenvalue weighted by atomic mass is 10.0. The summed E-state index contributed by atoms with van der Waals surface area (Å²) in [4.78, 5) is 0. The highest BCUT2D eigenvalue weighted by Gasteiger charge is 2.23. The van der Waals surface area contributed by atoms with Gasteiger partial charge in [0.25, 0.3) is 0 Å². The van der Waals surface area contributed by atoms with Crippen molar-refractivity contribution < 1.29 is 9.50 Å². The molecule has 0 aliphatic rings. The van der Waals surface area contributed by atoms with Crippen LogP contribution in [0.1, 0.15) is 11.6 Å².